The second-order valence-electron chi connectivity index (χ2n) is 6.69. The molecule has 2 aromatic rings. The maximum Gasteiger partial charge on any atom is 0.198 e. The van der Waals surface area contributed by atoms with Crippen LogP contribution in [0.4, 0.5) is 11.4 Å². The molecule has 3 rings (SSSR count). The number of benzene rings is 1. The van der Waals surface area contributed by atoms with Gasteiger partial charge in [-0.3, -0.25) is 9.59 Å². The number of hydrogen-bond acceptors (Lipinski definition) is 10. The van der Waals surface area contributed by atoms with E-state index < -0.39 is 0 Å². The van der Waals surface area contributed by atoms with Crippen LogP contribution in [0.25, 0.3) is 0 Å². The number of aliphatic hydroxyl groups is 2. The normalized spacial score (nSPS) is 12.5. The second-order valence-corrected chi connectivity index (χ2v) is 6.69. The molecule has 0 fully saturated rings. The lowest BCUT2D eigenvalue weighted by Crippen LogP contribution is -2.29. The van der Waals surface area contributed by atoms with Crippen LogP contribution in [0.15, 0.2) is 24.5 Å². The zero-order valence-corrected chi connectivity index (χ0v) is 16.6. The highest BCUT2D eigenvalue weighted by molar-refractivity contribution is 6.31. The van der Waals surface area contributed by atoms with Gasteiger partial charge in [-0.1, -0.05) is 0 Å². The van der Waals surface area contributed by atoms with Crippen LogP contribution in [-0.4, -0.2) is 84.5 Å². The Labute approximate surface area is 174 Å². The number of anilines is 2. The summed E-state index contributed by atoms with van der Waals surface area (Å²) in [6, 6.07) is 3.55. The maximum absolute atomic E-state index is 13.2. The van der Waals surface area contributed by atoms with Crippen molar-refractivity contribution in [3.63, 3.8) is 0 Å². The molecule has 1 heterocycles. The summed E-state index contributed by atoms with van der Waals surface area (Å²) in [6.07, 6.45) is 2.65. The molecule has 0 radical (unpaired) electrons. The van der Waals surface area contributed by atoms with E-state index in [1.165, 1.54) is 12.4 Å². The lowest BCUT2D eigenvalue weighted by Gasteiger charge is -2.23. The van der Waals surface area contributed by atoms with Crippen LogP contribution in [0.2, 0.25) is 0 Å². The van der Waals surface area contributed by atoms with Gasteiger partial charge in [0.05, 0.1) is 47.9 Å². The Morgan fingerprint density at radius 1 is 0.667 bits per heavy atom. The van der Waals surface area contributed by atoms with E-state index in [-0.39, 0.29) is 35.9 Å². The largest absolute Gasteiger partial charge is 0.395 e. The molecular weight excluding hydrogens is 388 g/mol. The molecule has 10 heteroatoms. The van der Waals surface area contributed by atoms with Crippen molar-refractivity contribution in [2.45, 2.75) is 0 Å². The molecule has 10 nitrogen and oxygen atoms in total. The summed E-state index contributed by atoms with van der Waals surface area (Å²) < 4.78 is 0. The summed E-state index contributed by atoms with van der Waals surface area (Å²) in [4.78, 5) is 26.4. The van der Waals surface area contributed by atoms with Crippen molar-refractivity contribution in [3.05, 3.63) is 46.8 Å². The molecule has 0 saturated carbocycles. The van der Waals surface area contributed by atoms with Gasteiger partial charge >= 0.3 is 0 Å². The van der Waals surface area contributed by atoms with Crippen molar-refractivity contribution in [2.75, 3.05) is 63.1 Å². The second kappa shape index (κ2) is 10.7. The van der Waals surface area contributed by atoms with E-state index >= 15 is 0 Å². The lowest BCUT2D eigenvalue weighted by molar-refractivity contribution is 0.0979. The van der Waals surface area contributed by atoms with Gasteiger partial charge in [-0.2, -0.15) is 10.2 Å². The van der Waals surface area contributed by atoms with E-state index in [1.807, 2.05) is 0 Å². The van der Waals surface area contributed by atoms with Gasteiger partial charge in [0.1, 0.15) is 0 Å². The Morgan fingerprint density at radius 2 is 1.10 bits per heavy atom. The van der Waals surface area contributed by atoms with E-state index in [0.717, 1.165) is 0 Å². The lowest BCUT2D eigenvalue weighted by atomic mass is 9.83. The van der Waals surface area contributed by atoms with E-state index in [0.29, 0.717) is 61.8 Å². The van der Waals surface area contributed by atoms with Crippen LogP contribution in [0.3, 0.4) is 0 Å². The molecule has 6 N–H and O–H groups in total. The molecule has 1 aromatic heterocycles. The van der Waals surface area contributed by atoms with Crippen molar-refractivity contribution < 1.29 is 19.8 Å². The Kier molecular flexibility index (Phi) is 7.80. The van der Waals surface area contributed by atoms with Crippen molar-refractivity contribution >= 4 is 22.9 Å². The maximum atomic E-state index is 13.2. The van der Waals surface area contributed by atoms with Crippen molar-refractivity contribution in [2.24, 2.45) is 0 Å². The van der Waals surface area contributed by atoms with Crippen LogP contribution in [-0.2, 0) is 0 Å². The van der Waals surface area contributed by atoms with E-state index in [4.69, 9.17) is 10.2 Å². The molecule has 0 bridgehead atoms. The third-order valence-corrected chi connectivity index (χ3v) is 4.69. The molecular formula is C20H26N6O4. The number of aliphatic hydroxyl groups excluding tert-OH is 2. The molecule has 0 atom stereocenters. The average molecular weight is 414 g/mol. The number of nitrogens with zero attached hydrogens (tertiary/aromatic N) is 2. The van der Waals surface area contributed by atoms with Crippen LogP contribution < -0.4 is 21.3 Å². The monoisotopic (exact) mass is 414 g/mol. The molecule has 30 heavy (non-hydrogen) atoms. The van der Waals surface area contributed by atoms with Crippen LogP contribution in [0.1, 0.15) is 31.8 Å². The summed E-state index contributed by atoms with van der Waals surface area (Å²) in [6.45, 7) is 3.29. The van der Waals surface area contributed by atoms with E-state index in [2.05, 4.69) is 31.5 Å². The van der Waals surface area contributed by atoms with Gasteiger partial charge in [-0.15, -0.1) is 0 Å². The van der Waals surface area contributed by atoms with Crippen molar-refractivity contribution in [3.8, 4) is 0 Å². The molecule has 0 amide bonds. The molecule has 1 aliphatic rings. The Morgan fingerprint density at radius 3 is 1.50 bits per heavy atom. The van der Waals surface area contributed by atoms with Crippen molar-refractivity contribution in [1.82, 2.24) is 20.8 Å². The number of aromatic nitrogens is 2. The minimum Gasteiger partial charge on any atom is -0.395 e. The van der Waals surface area contributed by atoms with Gasteiger partial charge < -0.3 is 31.5 Å². The third-order valence-electron chi connectivity index (χ3n) is 4.69. The predicted molar refractivity (Wildman–Crippen MR) is 112 cm³/mol. The standard InChI is InChI=1S/C20H26N6O4/c27-9-7-21-3-5-23-15-1-2-16(24-6-4-22-8-10-28)18-17(15)19(29)13-11-25-26-12-14(13)20(18)30/h1-2,11-12,21-24,27-28H,3-10H2. The third kappa shape index (κ3) is 4.79. The molecule has 1 aliphatic carbocycles. The highest BCUT2D eigenvalue weighted by Gasteiger charge is 2.34. The number of rotatable bonds is 12. The van der Waals surface area contributed by atoms with Gasteiger partial charge in [-0.25, -0.2) is 0 Å². The molecule has 0 unspecified atom stereocenters. The topological polar surface area (TPSA) is 148 Å². The first-order valence-corrected chi connectivity index (χ1v) is 9.87. The fraction of sp³-hybridized carbons (Fsp3) is 0.400. The zero-order chi connectivity index (χ0) is 21.3. The summed E-state index contributed by atoms with van der Waals surface area (Å²) in [5, 5.41) is 37.7. The number of fused-ring (bicyclic) bond motifs is 2. The Balaban J connectivity index is 1.88. The molecule has 160 valence electrons. The van der Waals surface area contributed by atoms with Gasteiger partial charge in [0.2, 0.25) is 0 Å². The van der Waals surface area contributed by atoms with E-state index in [9.17, 15) is 9.59 Å². The summed E-state index contributed by atoms with van der Waals surface area (Å²) in [5.74, 6) is -0.551. The zero-order valence-electron chi connectivity index (χ0n) is 16.6. The van der Waals surface area contributed by atoms with Gasteiger partial charge in [-0.05, 0) is 12.1 Å². The number of carbonyl (C=O) groups is 2. The first kappa shape index (κ1) is 21.8. The number of ketones is 2. The SMILES string of the molecule is O=C1c2cnncc2C(=O)c2c(NCCNCCO)ccc(NCCNCCO)c21. The Bertz CT molecular complexity index is 833. The van der Waals surface area contributed by atoms with Crippen LogP contribution >= 0.6 is 0 Å². The van der Waals surface area contributed by atoms with Crippen molar-refractivity contribution in [1.29, 1.82) is 0 Å². The van der Waals surface area contributed by atoms with Crippen LogP contribution in [0.5, 0.6) is 0 Å². The fourth-order valence-electron chi connectivity index (χ4n) is 3.30. The van der Waals surface area contributed by atoms with E-state index in [1.54, 1.807) is 12.1 Å². The minimum absolute atomic E-state index is 0.0493. The average Bonchev–Trinajstić information content (AvgIpc) is 2.77. The Hall–Kier alpha value is -2.92. The first-order chi connectivity index (χ1) is 14.7. The molecule has 1 aromatic carbocycles. The summed E-state index contributed by atoms with van der Waals surface area (Å²) in [7, 11) is 0. The van der Waals surface area contributed by atoms with Gasteiger partial charge in [0.25, 0.3) is 0 Å². The minimum atomic E-state index is -0.276. The summed E-state index contributed by atoms with van der Waals surface area (Å²) >= 11 is 0. The quantitative estimate of drug-likeness (QED) is 0.209. The highest BCUT2D eigenvalue weighted by atomic mass is 16.3. The first-order valence-electron chi connectivity index (χ1n) is 9.87. The highest BCUT2D eigenvalue weighted by Crippen LogP contribution is 2.35. The molecule has 0 spiro atoms. The van der Waals surface area contributed by atoms with Gasteiger partial charge in [0.15, 0.2) is 11.6 Å². The number of hydrogen-bond donors (Lipinski definition) is 6. The fourth-order valence-corrected chi connectivity index (χ4v) is 3.30. The smallest absolute Gasteiger partial charge is 0.198 e. The molecule has 0 saturated heterocycles. The molecule has 0 aliphatic heterocycles. The number of carbonyl (C=O) groups excluding carboxylic acids is 2. The number of nitrogens with one attached hydrogen (secondary N) is 4. The summed E-state index contributed by atoms with van der Waals surface area (Å²) in [5.41, 5.74) is 2.25. The predicted octanol–water partition coefficient (Wildman–Crippen LogP) is -0.760. The van der Waals surface area contributed by atoms with Crippen LogP contribution in [0, 0.1) is 0 Å². The van der Waals surface area contributed by atoms with Gasteiger partial charge in [0, 0.05) is 50.6 Å².